The number of nitrogens with zero attached hydrogens (tertiary/aromatic N) is 2. The van der Waals surface area contributed by atoms with E-state index in [2.05, 4.69) is 10.3 Å². The highest BCUT2D eigenvalue weighted by atomic mass is 32.1. The van der Waals surface area contributed by atoms with Crippen LogP contribution in [0.1, 0.15) is 5.56 Å². The Balaban J connectivity index is 2.74. The maximum Gasteiger partial charge on any atom is 0.241 e. The summed E-state index contributed by atoms with van der Waals surface area (Å²) in [5, 5.41) is 2.95. The van der Waals surface area contributed by atoms with Gasteiger partial charge < -0.3 is 16.0 Å². The van der Waals surface area contributed by atoms with E-state index in [0.717, 1.165) is 0 Å². The second-order valence-electron chi connectivity index (χ2n) is 3.43. The number of carbonyl (C=O) groups excluding carboxylic acids is 1. The summed E-state index contributed by atoms with van der Waals surface area (Å²) in [6.07, 6.45) is 3.20. The summed E-state index contributed by atoms with van der Waals surface area (Å²) in [4.78, 5) is 17.1. The molecule has 3 N–H and O–H groups in total. The predicted molar refractivity (Wildman–Crippen MR) is 67.3 cm³/mol. The second-order valence-corrected chi connectivity index (χ2v) is 3.87. The van der Waals surface area contributed by atoms with Gasteiger partial charge in [0.05, 0.1) is 18.4 Å². The number of likely N-dealkylation sites (N-methyl/N-ethyl adjacent to an activating group) is 1. The zero-order chi connectivity index (χ0) is 12.1. The molecule has 1 heterocycles. The highest BCUT2D eigenvalue weighted by Gasteiger charge is 2.07. The Kier molecular flexibility index (Phi) is 4.19. The van der Waals surface area contributed by atoms with E-state index in [1.54, 1.807) is 32.6 Å². The Hall–Kier alpha value is -1.69. The third-order valence-corrected chi connectivity index (χ3v) is 2.24. The van der Waals surface area contributed by atoms with Gasteiger partial charge in [-0.15, -0.1) is 0 Å². The van der Waals surface area contributed by atoms with Crippen molar-refractivity contribution in [2.45, 2.75) is 0 Å². The molecule has 5 nitrogen and oxygen atoms in total. The van der Waals surface area contributed by atoms with E-state index >= 15 is 0 Å². The molecule has 0 saturated carbocycles. The van der Waals surface area contributed by atoms with Crippen LogP contribution in [0, 0.1) is 0 Å². The molecule has 0 aromatic carbocycles. The number of nitrogens with one attached hydrogen (secondary N) is 1. The summed E-state index contributed by atoms with van der Waals surface area (Å²) in [6.45, 7) is 0.189. The van der Waals surface area contributed by atoms with E-state index in [9.17, 15) is 4.79 Å². The van der Waals surface area contributed by atoms with Crippen molar-refractivity contribution in [2.75, 3.05) is 26.0 Å². The van der Waals surface area contributed by atoms with Gasteiger partial charge in [-0.3, -0.25) is 9.78 Å². The molecule has 0 aliphatic carbocycles. The standard InChI is InChI=1S/C10H14N4OS/c1-14(2)9(15)6-13-8-5-12-4-3-7(8)10(11)16/h3-5,13H,6H2,1-2H3,(H2,11,16). The largest absolute Gasteiger partial charge is 0.389 e. The van der Waals surface area contributed by atoms with Crippen LogP contribution in [0.3, 0.4) is 0 Å². The van der Waals surface area contributed by atoms with Gasteiger partial charge in [0, 0.05) is 25.9 Å². The van der Waals surface area contributed by atoms with Gasteiger partial charge in [-0.05, 0) is 6.07 Å². The van der Waals surface area contributed by atoms with Crippen molar-refractivity contribution in [1.82, 2.24) is 9.88 Å². The first-order valence-corrected chi connectivity index (χ1v) is 5.11. The Bertz CT molecular complexity index is 406. The molecule has 0 unspecified atom stereocenters. The minimum Gasteiger partial charge on any atom is -0.389 e. The van der Waals surface area contributed by atoms with Gasteiger partial charge in [0.1, 0.15) is 4.99 Å². The molecular formula is C10H14N4OS. The molecule has 0 spiro atoms. The molecule has 0 bridgehead atoms. The monoisotopic (exact) mass is 238 g/mol. The highest BCUT2D eigenvalue weighted by molar-refractivity contribution is 7.80. The summed E-state index contributed by atoms with van der Waals surface area (Å²) >= 11 is 4.90. The number of amides is 1. The van der Waals surface area contributed by atoms with E-state index in [-0.39, 0.29) is 17.4 Å². The number of hydrogen-bond acceptors (Lipinski definition) is 4. The molecule has 0 fully saturated rings. The van der Waals surface area contributed by atoms with E-state index in [0.29, 0.717) is 11.3 Å². The number of aromatic nitrogens is 1. The summed E-state index contributed by atoms with van der Waals surface area (Å²) in [5.74, 6) is -0.0299. The fourth-order valence-corrected chi connectivity index (χ4v) is 1.26. The normalized spacial score (nSPS) is 9.62. The number of pyridine rings is 1. The molecule has 0 atom stereocenters. The van der Waals surface area contributed by atoms with Crippen LogP contribution in [0.25, 0.3) is 0 Å². The fourth-order valence-electron chi connectivity index (χ4n) is 1.08. The SMILES string of the molecule is CN(C)C(=O)CNc1cnccc1C(N)=S. The van der Waals surface area contributed by atoms with Gasteiger partial charge in [-0.2, -0.15) is 0 Å². The lowest BCUT2D eigenvalue weighted by atomic mass is 10.2. The summed E-state index contributed by atoms with van der Waals surface area (Å²) in [5.41, 5.74) is 6.91. The van der Waals surface area contributed by atoms with Gasteiger partial charge in [-0.1, -0.05) is 12.2 Å². The number of rotatable bonds is 4. The van der Waals surface area contributed by atoms with Crippen LogP contribution in [0.15, 0.2) is 18.5 Å². The number of nitrogens with two attached hydrogens (primary N) is 1. The van der Waals surface area contributed by atoms with E-state index in [1.807, 2.05) is 0 Å². The van der Waals surface area contributed by atoms with E-state index in [4.69, 9.17) is 18.0 Å². The summed E-state index contributed by atoms with van der Waals surface area (Å²) in [6, 6.07) is 1.71. The molecular weight excluding hydrogens is 224 g/mol. The smallest absolute Gasteiger partial charge is 0.241 e. The van der Waals surface area contributed by atoms with Crippen molar-refractivity contribution in [1.29, 1.82) is 0 Å². The van der Waals surface area contributed by atoms with Gasteiger partial charge in [0.25, 0.3) is 0 Å². The molecule has 0 saturated heterocycles. The molecule has 6 heteroatoms. The lowest BCUT2D eigenvalue weighted by Gasteiger charge is -2.13. The first kappa shape index (κ1) is 12.4. The van der Waals surface area contributed by atoms with Crippen molar-refractivity contribution >= 4 is 28.8 Å². The lowest BCUT2D eigenvalue weighted by molar-refractivity contribution is -0.126. The summed E-state index contributed by atoms with van der Waals surface area (Å²) < 4.78 is 0. The van der Waals surface area contributed by atoms with Crippen molar-refractivity contribution in [3.05, 3.63) is 24.0 Å². The number of anilines is 1. The predicted octanol–water partition coefficient (Wildman–Crippen LogP) is 0.216. The number of thiocarbonyl (C=S) groups is 1. The zero-order valence-corrected chi connectivity index (χ0v) is 10.0. The molecule has 1 amide bonds. The van der Waals surface area contributed by atoms with Crippen LogP contribution in [0.2, 0.25) is 0 Å². The van der Waals surface area contributed by atoms with Gasteiger partial charge in [0.15, 0.2) is 0 Å². The molecule has 1 aromatic heterocycles. The van der Waals surface area contributed by atoms with Gasteiger partial charge in [0.2, 0.25) is 5.91 Å². The second kappa shape index (κ2) is 5.41. The van der Waals surface area contributed by atoms with Crippen LogP contribution in [-0.2, 0) is 4.79 Å². The van der Waals surface area contributed by atoms with Crippen LogP contribution in [-0.4, -0.2) is 41.4 Å². The van der Waals surface area contributed by atoms with Crippen LogP contribution in [0.4, 0.5) is 5.69 Å². The van der Waals surface area contributed by atoms with Crippen LogP contribution < -0.4 is 11.1 Å². The molecule has 86 valence electrons. The maximum absolute atomic E-state index is 11.4. The minimum atomic E-state index is -0.0299. The van der Waals surface area contributed by atoms with Crippen molar-refractivity contribution in [2.24, 2.45) is 5.73 Å². The van der Waals surface area contributed by atoms with Crippen molar-refractivity contribution in [3.8, 4) is 0 Å². The topological polar surface area (TPSA) is 71.2 Å². The third kappa shape index (κ3) is 3.16. The Morgan fingerprint density at radius 2 is 2.31 bits per heavy atom. The summed E-state index contributed by atoms with van der Waals surface area (Å²) in [7, 11) is 3.39. The van der Waals surface area contributed by atoms with Crippen molar-refractivity contribution in [3.63, 3.8) is 0 Å². The molecule has 0 aliphatic rings. The van der Waals surface area contributed by atoms with Gasteiger partial charge >= 0.3 is 0 Å². The number of hydrogen-bond donors (Lipinski definition) is 2. The number of carbonyl (C=O) groups is 1. The van der Waals surface area contributed by atoms with Crippen LogP contribution >= 0.6 is 12.2 Å². The van der Waals surface area contributed by atoms with E-state index < -0.39 is 0 Å². The highest BCUT2D eigenvalue weighted by Crippen LogP contribution is 2.12. The zero-order valence-electron chi connectivity index (χ0n) is 9.23. The molecule has 16 heavy (non-hydrogen) atoms. The van der Waals surface area contributed by atoms with Crippen LogP contribution in [0.5, 0.6) is 0 Å². The molecule has 1 aromatic rings. The average molecular weight is 238 g/mol. The molecule has 0 radical (unpaired) electrons. The third-order valence-electron chi connectivity index (χ3n) is 2.02. The maximum atomic E-state index is 11.4. The quantitative estimate of drug-likeness (QED) is 0.734. The average Bonchev–Trinajstić information content (AvgIpc) is 2.25. The Morgan fingerprint density at radius 3 is 2.88 bits per heavy atom. The van der Waals surface area contributed by atoms with Gasteiger partial charge in [-0.25, -0.2) is 0 Å². The minimum absolute atomic E-state index is 0.0299. The fraction of sp³-hybridized carbons (Fsp3) is 0.300. The van der Waals surface area contributed by atoms with E-state index in [1.165, 1.54) is 4.90 Å². The molecule has 0 aliphatic heterocycles. The molecule has 1 rings (SSSR count). The Morgan fingerprint density at radius 1 is 1.62 bits per heavy atom. The first-order valence-electron chi connectivity index (χ1n) is 4.70. The first-order chi connectivity index (χ1) is 7.52. The Labute approximate surface area is 99.6 Å². The van der Waals surface area contributed by atoms with Crippen molar-refractivity contribution < 1.29 is 4.79 Å². The lowest BCUT2D eigenvalue weighted by Crippen LogP contribution is -2.29.